The predicted octanol–water partition coefficient (Wildman–Crippen LogP) is 3.08. The summed E-state index contributed by atoms with van der Waals surface area (Å²) in [6.07, 6.45) is 3.62. The zero-order chi connectivity index (χ0) is 10.8. The largest absolute Gasteiger partial charge is 0.353 e. The molecule has 3 nitrogen and oxygen atoms in total. The molecule has 1 heterocycles. The number of aryl methyl sites for hydroxylation is 3. The molecule has 0 amide bonds. The summed E-state index contributed by atoms with van der Waals surface area (Å²) in [5.74, 6) is 0. The van der Waals surface area contributed by atoms with E-state index in [4.69, 9.17) is 0 Å². The quantitative estimate of drug-likeness (QED) is 0.784. The summed E-state index contributed by atoms with van der Waals surface area (Å²) in [7, 11) is 0. The van der Waals surface area contributed by atoms with Crippen molar-refractivity contribution in [3.63, 3.8) is 0 Å². The highest BCUT2D eigenvalue weighted by Gasteiger charge is 2.04. The maximum atomic E-state index is 3.91. The van der Waals surface area contributed by atoms with Crippen LogP contribution in [-0.4, -0.2) is 10.2 Å². The van der Waals surface area contributed by atoms with Crippen LogP contribution in [0.2, 0.25) is 0 Å². The van der Waals surface area contributed by atoms with Gasteiger partial charge in [-0.1, -0.05) is 17.7 Å². The molecule has 0 aliphatic heterocycles. The first-order chi connectivity index (χ1) is 7.16. The van der Waals surface area contributed by atoms with Crippen LogP contribution in [0.15, 0.2) is 24.5 Å². The van der Waals surface area contributed by atoms with Gasteiger partial charge in [-0.15, -0.1) is 0 Å². The Bertz CT molecular complexity index is 435. The number of benzene rings is 1. The Morgan fingerprint density at radius 1 is 1.13 bits per heavy atom. The van der Waals surface area contributed by atoms with E-state index >= 15 is 0 Å². The van der Waals surface area contributed by atoms with E-state index in [1.807, 2.05) is 6.20 Å². The van der Waals surface area contributed by atoms with E-state index < -0.39 is 0 Å². The Morgan fingerprint density at radius 2 is 1.80 bits per heavy atom. The van der Waals surface area contributed by atoms with Gasteiger partial charge in [0.15, 0.2) is 0 Å². The summed E-state index contributed by atoms with van der Waals surface area (Å²) in [6.45, 7) is 6.34. The minimum Gasteiger partial charge on any atom is -0.353 e. The molecule has 0 atom stereocenters. The first-order valence-electron chi connectivity index (χ1n) is 5.00. The summed E-state index contributed by atoms with van der Waals surface area (Å²) < 4.78 is 0. The molecule has 0 aliphatic rings. The van der Waals surface area contributed by atoms with Crippen molar-refractivity contribution in [3.05, 3.63) is 41.2 Å². The monoisotopic (exact) mass is 201 g/mol. The van der Waals surface area contributed by atoms with E-state index in [9.17, 15) is 0 Å². The van der Waals surface area contributed by atoms with Crippen molar-refractivity contribution >= 4 is 11.4 Å². The molecule has 0 spiro atoms. The molecule has 0 bridgehead atoms. The molecular weight excluding hydrogens is 186 g/mol. The number of aromatic nitrogens is 2. The van der Waals surface area contributed by atoms with Crippen molar-refractivity contribution in [1.29, 1.82) is 0 Å². The average molecular weight is 201 g/mol. The molecule has 0 saturated heterocycles. The topological polar surface area (TPSA) is 40.7 Å². The molecule has 3 heteroatoms. The molecule has 15 heavy (non-hydrogen) atoms. The van der Waals surface area contributed by atoms with Crippen LogP contribution >= 0.6 is 0 Å². The molecule has 0 radical (unpaired) electrons. The summed E-state index contributed by atoms with van der Waals surface area (Å²) in [5, 5.41) is 10.0. The summed E-state index contributed by atoms with van der Waals surface area (Å²) in [4.78, 5) is 0. The molecule has 0 unspecified atom stereocenters. The van der Waals surface area contributed by atoms with Crippen molar-refractivity contribution < 1.29 is 0 Å². The highest BCUT2D eigenvalue weighted by Crippen LogP contribution is 2.25. The summed E-state index contributed by atoms with van der Waals surface area (Å²) >= 11 is 0. The van der Waals surface area contributed by atoms with Crippen molar-refractivity contribution in [1.82, 2.24) is 10.2 Å². The fourth-order valence-electron chi connectivity index (χ4n) is 1.84. The van der Waals surface area contributed by atoms with Crippen LogP contribution in [0.25, 0.3) is 0 Å². The van der Waals surface area contributed by atoms with E-state index in [0.29, 0.717) is 0 Å². The van der Waals surface area contributed by atoms with Crippen LogP contribution in [0.4, 0.5) is 11.4 Å². The first kappa shape index (κ1) is 9.77. The minimum atomic E-state index is 0.991. The summed E-state index contributed by atoms with van der Waals surface area (Å²) in [6, 6.07) is 4.35. The highest BCUT2D eigenvalue weighted by molar-refractivity contribution is 5.66. The SMILES string of the molecule is Cc1cc(C)c(Nc2cn[nH]c2)c(C)c1. The smallest absolute Gasteiger partial charge is 0.0767 e. The highest BCUT2D eigenvalue weighted by atomic mass is 15.1. The Labute approximate surface area is 89.5 Å². The normalized spacial score (nSPS) is 10.3. The third-order valence-corrected chi connectivity index (χ3v) is 2.44. The Balaban J connectivity index is 2.36. The molecule has 0 aliphatic carbocycles. The number of hydrogen-bond acceptors (Lipinski definition) is 2. The zero-order valence-electron chi connectivity index (χ0n) is 9.26. The summed E-state index contributed by atoms with van der Waals surface area (Å²) in [5.41, 5.74) is 5.97. The molecule has 1 aromatic carbocycles. The molecule has 1 aromatic heterocycles. The lowest BCUT2D eigenvalue weighted by Crippen LogP contribution is -1.95. The Hall–Kier alpha value is -1.77. The van der Waals surface area contributed by atoms with Gasteiger partial charge in [0.05, 0.1) is 11.9 Å². The predicted molar refractivity (Wildman–Crippen MR) is 62.5 cm³/mol. The minimum absolute atomic E-state index is 0.991. The van der Waals surface area contributed by atoms with Gasteiger partial charge in [0.2, 0.25) is 0 Å². The Kier molecular flexibility index (Phi) is 2.46. The van der Waals surface area contributed by atoms with Crippen LogP contribution in [-0.2, 0) is 0 Å². The lowest BCUT2D eigenvalue weighted by molar-refractivity contribution is 1.09. The second kappa shape index (κ2) is 3.77. The molecule has 2 aromatic rings. The van der Waals surface area contributed by atoms with E-state index in [-0.39, 0.29) is 0 Å². The van der Waals surface area contributed by atoms with Gasteiger partial charge in [0.1, 0.15) is 0 Å². The first-order valence-corrected chi connectivity index (χ1v) is 5.00. The van der Waals surface area contributed by atoms with Gasteiger partial charge in [-0.2, -0.15) is 5.10 Å². The van der Waals surface area contributed by atoms with Crippen LogP contribution in [0.3, 0.4) is 0 Å². The third kappa shape index (κ3) is 2.01. The van der Waals surface area contributed by atoms with Crippen LogP contribution in [0, 0.1) is 20.8 Å². The Morgan fingerprint density at radius 3 is 2.33 bits per heavy atom. The maximum Gasteiger partial charge on any atom is 0.0767 e. The van der Waals surface area contributed by atoms with Gasteiger partial charge in [-0.3, -0.25) is 5.10 Å². The molecule has 2 N–H and O–H groups in total. The third-order valence-electron chi connectivity index (χ3n) is 2.44. The fourth-order valence-corrected chi connectivity index (χ4v) is 1.84. The number of hydrogen-bond donors (Lipinski definition) is 2. The van der Waals surface area contributed by atoms with Crippen molar-refractivity contribution in [2.24, 2.45) is 0 Å². The molecular formula is C12H15N3. The number of nitrogens with one attached hydrogen (secondary N) is 2. The van der Waals surface area contributed by atoms with Gasteiger partial charge < -0.3 is 5.32 Å². The number of H-pyrrole nitrogens is 1. The molecule has 78 valence electrons. The average Bonchev–Trinajstić information content (AvgIpc) is 2.63. The molecule has 0 fully saturated rings. The van der Waals surface area contributed by atoms with Crippen molar-refractivity contribution in [2.45, 2.75) is 20.8 Å². The van der Waals surface area contributed by atoms with Gasteiger partial charge >= 0.3 is 0 Å². The lowest BCUT2D eigenvalue weighted by atomic mass is 10.1. The van der Waals surface area contributed by atoms with Crippen LogP contribution in [0.5, 0.6) is 0 Å². The zero-order valence-corrected chi connectivity index (χ0v) is 9.26. The van der Waals surface area contributed by atoms with Crippen LogP contribution in [0.1, 0.15) is 16.7 Å². The maximum absolute atomic E-state index is 3.91. The van der Waals surface area contributed by atoms with E-state index in [1.54, 1.807) is 6.20 Å². The molecule has 2 rings (SSSR count). The van der Waals surface area contributed by atoms with Crippen LogP contribution < -0.4 is 5.32 Å². The van der Waals surface area contributed by atoms with Crippen molar-refractivity contribution in [2.75, 3.05) is 5.32 Å². The lowest BCUT2D eigenvalue weighted by Gasteiger charge is -2.12. The number of anilines is 2. The number of nitrogens with zero attached hydrogens (tertiary/aromatic N) is 1. The van der Waals surface area contributed by atoms with E-state index in [2.05, 4.69) is 48.4 Å². The fraction of sp³-hybridized carbons (Fsp3) is 0.250. The van der Waals surface area contributed by atoms with E-state index in [0.717, 1.165) is 5.69 Å². The second-order valence-electron chi connectivity index (χ2n) is 3.89. The number of rotatable bonds is 2. The van der Waals surface area contributed by atoms with Gasteiger partial charge in [0, 0.05) is 11.9 Å². The van der Waals surface area contributed by atoms with Crippen molar-refractivity contribution in [3.8, 4) is 0 Å². The standard InChI is InChI=1S/C12H15N3/c1-8-4-9(2)12(10(3)5-8)15-11-6-13-14-7-11/h4-7,15H,1-3H3,(H,13,14). The molecule has 0 saturated carbocycles. The van der Waals surface area contributed by atoms with Gasteiger partial charge in [-0.25, -0.2) is 0 Å². The van der Waals surface area contributed by atoms with Gasteiger partial charge in [-0.05, 0) is 31.9 Å². The number of aromatic amines is 1. The van der Waals surface area contributed by atoms with Gasteiger partial charge in [0.25, 0.3) is 0 Å². The second-order valence-corrected chi connectivity index (χ2v) is 3.89. The van der Waals surface area contributed by atoms with E-state index in [1.165, 1.54) is 22.4 Å².